The number of hydrogen-bond donors (Lipinski definition) is 0. The summed E-state index contributed by atoms with van der Waals surface area (Å²) >= 11 is 0. The molecule has 0 aliphatic heterocycles. The number of anilines is 3. The van der Waals surface area contributed by atoms with Crippen molar-refractivity contribution in [3.8, 4) is 0 Å². The normalized spacial score (nSPS) is 11.9. The lowest BCUT2D eigenvalue weighted by Crippen LogP contribution is -2.10. The Morgan fingerprint density at radius 1 is 0.358 bits per heavy atom. The first-order valence-electron chi connectivity index (χ1n) is 25.1. The molecular formula is C63H65N3O. The van der Waals surface area contributed by atoms with Gasteiger partial charge in [0.1, 0.15) is 6.29 Å². The lowest BCUT2D eigenvalue weighted by atomic mass is 10.1. The third-order valence-corrected chi connectivity index (χ3v) is 13.6. The third-order valence-electron chi connectivity index (χ3n) is 13.6. The average molecular weight is 880 g/mol. The van der Waals surface area contributed by atoms with E-state index in [1.165, 1.54) is 132 Å². The molecule has 338 valence electrons. The van der Waals surface area contributed by atoms with Crippen LogP contribution in [0, 0.1) is 0 Å². The van der Waals surface area contributed by atoms with Crippen LogP contribution in [-0.4, -0.2) is 15.4 Å². The molecule has 2 heterocycles. The second-order valence-electron chi connectivity index (χ2n) is 18.3. The van der Waals surface area contributed by atoms with Crippen LogP contribution in [0.2, 0.25) is 0 Å². The lowest BCUT2D eigenvalue weighted by Gasteiger charge is -2.25. The van der Waals surface area contributed by atoms with Gasteiger partial charge in [-0.3, -0.25) is 4.79 Å². The molecule has 0 aliphatic rings. The Morgan fingerprint density at radius 2 is 0.701 bits per heavy atom. The van der Waals surface area contributed by atoms with Crippen molar-refractivity contribution in [1.82, 2.24) is 9.13 Å². The molecule has 0 radical (unpaired) electrons. The van der Waals surface area contributed by atoms with Crippen LogP contribution in [-0.2, 0) is 13.1 Å². The maximum Gasteiger partial charge on any atom is 0.150 e. The van der Waals surface area contributed by atoms with Crippen molar-refractivity contribution in [3.63, 3.8) is 0 Å². The van der Waals surface area contributed by atoms with Crippen molar-refractivity contribution in [2.75, 3.05) is 4.90 Å². The summed E-state index contributed by atoms with van der Waals surface area (Å²) in [7, 11) is 0. The highest BCUT2D eigenvalue weighted by Crippen LogP contribution is 2.36. The number of hydrogen-bond acceptors (Lipinski definition) is 2. The first-order valence-corrected chi connectivity index (χ1v) is 25.1. The number of benzene rings is 7. The number of rotatable bonds is 22. The molecule has 0 amide bonds. The van der Waals surface area contributed by atoms with E-state index >= 15 is 0 Å². The van der Waals surface area contributed by atoms with Crippen molar-refractivity contribution < 1.29 is 4.79 Å². The molecule has 4 heteroatoms. The highest BCUT2D eigenvalue weighted by molar-refractivity contribution is 6.10. The van der Waals surface area contributed by atoms with E-state index in [0.29, 0.717) is 5.56 Å². The Labute approximate surface area is 397 Å². The molecule has 0 saturated carbocycles. The predicted octanol–water partition coefficient (Wildman–Crippen LogP) is 18.2. The number of carbonyl (C=O) groups is 1. The van der Waals surface area contributed by atoms with E-state index in [9.17, 15) is 4.79 Å². The number of aromatic nitrogens is 2. The van der Waals surface area contributed by atoms with Gasteiger partial charge < -0.3 is 14.0 Å². The number of carbonyl (C=O) groups excluding carboxylic acids is 1. The van der Waals surface area contributed by atoms with E-state index in [1.807, 2.05) is 24.3 Å². The lowest BCUT2D eigenvalue weighted by molar-refractivity contribution is 0.112. The van der Waals surface area contributed by atoms with Crippen LogP contribution in [0.15, 0.2) is 158 Å². The van der Waals surface area contributed by atoms with Gasteiger partial charge in [-0.15, -0.1) is 0 Å². The molecule has 0 saturated heterocycles. The summed E-state index contributed by atoms with van der Waals surface area (Å²) in [6, 6.07) is 56.8. The Balaban J connectivity index is 0.917. The van der Waals surface area contributed by atoms with Gasteiger partial charge in [0.05, 0.1) is 0 Å². The molecule has 0 fully saturated rings. The average Bonchev–Trinajstić information content (AvgIpc) is 3.86. The molecule has 7 aromatic carbocycles. The molecule has 67 heavy (non-hydrogen) atoms. The van der Waals surface area contributed by atoms with Crippen molar-refractivity contribution >= 4 is 91.3 Å². The third kappa shape index (κ3) is 10.6. The standard InChI is InChI=1S/C63H65N3O/c1-3-5-7-9-11-17-43-64-60-21-15-13-19-56(60)58-45-50(33-41-62(58)64)25-23-48-27-35-53(36-28-48)66(55-39-31-52(47-67)32-40-55)54-37-29-49(30-38-54)24-26-51-34-42-63-59(46-51)57-20-14-16-22-61(57)65(63)44-18-12-10-8-6-4-2/h13-16,19-42,45-47H,3-12,17-18,43-44H2,1-2H3/b25-23+,26-24+. The summed E-state index contributed by atoms with van der Waals surface area (Å²) < 4.78 is 5.05. The number of fused-ring (bicyclic) bond motifs is 6. The summed E-state index contributed by atoms with van der Waals surface area (Å²) in [5.41, 5.74) is 13.7. The summed E-state index contributed by atoms with van der Waals surface area (Å²) in [6.45, 7) is 6.67. The van der Waals surface area contributed by atoms with Gasteiger partial charge in [-0.2, -0.15) is 0 Å². The van der Waals surface area contributed by atoms with Crippen LogP contribution in [0.3, 0.4) is 0 Å². The van der Waals surface area contributed by atoms with Crippen LogP contribution in [0.25, 0.3) is 67.9 Å². The van der Waals surface area contributed by atoms with E-state index in [-0.39, 0.29) is 0 Å². The van der Waals surface area contributed by atoms with Gasteiger partial charge in [-0.25, -0.2) is 0 Å². The number of para-hydroxylation sites is 2. The fraction of sp³-hybridized carbons (Fsp3) is 0.254. The van der Waals surface area contributed by atoms with Gasteiger partial charge in [0.15, 0.2) is 0 Å². The van der Waals surface area contributed by atoms with Crippen molar-refractivity contribution in [1.29, 1.82) is 0 Å². The highest BCUT2D eigenvalue weighted by Gasteiger charge is 2.15. The minimum atomic E-state index is 0.658. The molecule has 4 nitrogen and oxygen atoms in total. The van der Waals surface area contributed by atoms with Crippen LogP contribution in [0.1, 0.15) is 124 Å². The maximum atomic E-state index is 11.6. The molecule has 0 spiro atoms. The molecule has 0 unspecified atom stereocenters. The first-order chi connectivity index (χ1) is 33.1. The van der Waals surface area contributed by atoms with Gasteiger partial charge >= 0.3 is 0 Å². The van der Waals surface area contributed by atoms with E-state index in [4.69, 9.17) is 0 Å². The van der Waals surface area contributed by atoms with Gasteiger partial charge in [-0.05, 0) is 120 Å². The smallest absolute Gasteiger partial charge is 0.150 e. The zero-order valence-corrected chi connectivity index (χ0v) is 39.5. The molecule has 0 aliphatic carbocycles. The van der Waals surface area contributed by atoms with E-state index in [1.54, 1.807) is 0 Å². The second-order valence-corrected chi connectivity index (χ2v) is 18.3. The molecule has 0 atom stereocenters. The van der Waals surface area contributed by atoms with Gasteiger partial charge in [0.2, 0.25) is 0 Å². The first kappa shape index (κ1) is 45.3. The number of unbranched alkanes of at least 4 members (excludes halogenated alkanes) is 10. The quantitative estimate of drug-likeness (QED) is 0.0386. The largest absolute Gasteiger partial charge is 0.340 e. The van der Waals surface area contributed by atoms with Crippen LogP contribution in [0.4, 0.5) is 17.1 Å². The Kier molecular flexibility index (Phi) is 14.9. The summed E-state index contributed by atoms with van der Waals surface area (Å²) in [6.07, 6.45) is 25.3. The molecular weight excluding hydrogens is 815 g/mol. The predicted molar refractivity (Wildman–Crippen MR) is 290 cm³/mol. The van der Waals surface area contributed by atoms with E-state index in [0.717, 1.165) is 47.6 Å². The van der Waals surface area contributed by atoms with Crippen molar-refractivity contribution in [2.24, 2.45) is 0 Å². The molecule has 0 bridgehead atoms. The zero-order valence-electron chi connectivity index (χ0n) is 39.5. The minimum Gasteiger partial charge on any atom is -0.340 e. The van der Waals surface area contributed by atoms with Gasteiger partial charge in [0.25, 0.3) is 0 Å². The van der Waals surface area contributed by atoms with Crippen molar-refractivity contribution in [2.45, 2.75) is 104 Å². The second kappa shape index (κ2) is 22.1. The maximum absolute atomic E-state index is 11.6. The molecule has 9 aromatic rings. The van der Waals surface area contributed by atoms with Crippen molar-refractivity contribution in [3.05, 3.63) is 186 Å². The summed E-state index contributed by atoms with van der Waals surface area (Å²) in [5.74, 6) is 0. The molecule has 2 aromatic heterocycles. The van der Waals surface area contributed by atoms with Crippen LogP contribution in [0.5, 0.6) is 0 Å². The van der Waals surface area contributed by atoms with Gasteiger partial charge in [0, 0.05) is 79.3 Å². The Hall–Kier alpha value is -6.91. The minimum absolute atomic E-state index is 0.658. The fourth-order valence-corrected chi connectivity index (χ4v) is 9.94. The highest BCUT2D eigenvalue weighted by atomic mass is 16.1. The fourth-order valence-electron chi connectivity index (χ4n) is 9.94. The summed E-state index contributed by atoms with van der Waals surface area (Å²) in [5, 5.41) is 5.28. The molecule has 0 N–H and O–H groups in total. The topological polar surface area (TPSA) is 30.2 Å². The Bertz CT molecular complexity index is 2920. The Morgan fingerprint density at radius 3 is 1.12 bits per heavy atom. The van der Waals surface area contributed by atoms with E-state index < -0.39 is 0 Å². The van der Waals surface area contributed by atoms with Crippen LogP contribution < -0.4 is 4.90 Å². The monoisotopic (exact) mass is 880 g/mol. The summed E-state index contributed by atoms with van der Waals surface area (Å²) in [4.78, 5) is 13.8. The SMILES string of the molecule is CCCCCCCCn1c2ccccc2c2cc(/C=C/c3ccc(N(c4ccc(C=O)cc4)c4ccc(/C=C/c5ccc6c(c5)c5ccccc5n6CCCCCCCC)cc4)cc3)ccc21. The van der Waals surface area contributed by atoms with Crippen LogP contribution >= 0.6 is 0 Å². The number of aryl methyl sites for hydroxylation is 2. The number of nitrogens with zero attached hydrogens (tertiary/aromatic N) is 3. The zero-order chi connectivity index (χ0) is 45.8. The van der Waals surface area contributed by atoms with Gasteiger partial charge in [-0.1, -0.05) is 175 Å². The number of aldehydes is 1. The van der Waals surface area contributed by atoms with E-state index in [2.05, 4.69) is 186 Å². The molecule has 9 rings (SSSR count).